The highest BCUT2D eigenvalue weighted by Crippen LogP contribution is 2.32. The summed E-state index contributed by atoms with van der Waals surface area (Å²) in [5.74, 6) is 0. The number of rotatable bonds is 4. The van der Waals surface area contributed by atoms with E-state index >= 15 is 0 Å². The number of amides is 1. The van der Waals surface area contributed by atoms with E-state index in [-0.39, 0.29) is 11.6 Å². The van der Waals surface area contributed by atoms with Crippen molar-refractivity contribution in [2.24, 2.45) is 0 Å². The zero-order chi connectivity index (χ0) is 16.4. The number of piperazine rings is 1. The van der Waals surface area contributed by atoms with Gasteiger partial charge in [-0.25, -0.2) is 4.79 Å². The van der Waals surface area contributed by atoms with Gasteiger partial charge in [-0.1, -0.05) is 36.4 Å². The van der Waals surface area contributed by atoms with Gasteiger partial charge in [-0.05, 0) is 17.7 Å². The average molecular weight is 323 g/mol. The molecule has 2 fully saturated rings. The Balaban J connectivity index is 1.55. The number of carbonyl (C=O) groups excluding carboxylic acids is 1. The summed E-state index contributed by atoms with van der Waals surface area (Å²) in [6.45, 7) is 3.63. The van der Waals surface area contributed by atoms with Gasteiger partial charge in [0.1, 0.15) is 6.61 Å². The standard InChI is InChI=1S/C19H21N3O2/c23-18-22-11-10-21(13-17-8-4-5-9-20-17)14-19(22,15-24-18)12-16-6-2-1-3-7-16/h1-9H,10-15H2. The molecular weight excluding hydrogens is 302 g/mol. The maximum atomic E-state index is 12.1. The number of cyclic esters (lactones) is 1. The van der Waals surface area contributed by atoms with Crippen LogP contribution in [0.25, 0.3) is 0 Å². The van der Waals surface area contributed by atoms with Crippen molar-refractivity contribution in [3.05, 3.63) is 66.0 Å². The molecule has 2 aliphatic rings. The van der Waals surface area contributed by atoms with Gasteiger partial charge in [0, 0.05) is 38.8 Å². The van der Waals surface area contributed by atoms with Crippen molar-refractivity contribution in [2.75, 3.05) is 26.2 Å². The monoisotopic (exact) mass is 323 g/mol. The van der Waals surface area contributed by atoms with Gasteiger partial charge in [0.15, 0.2) is 0 Å². The fourth-order valence-corrected chi connectivity index (χ4v) is 3.78. The first-order valence-electron chi connectivity index (χ1n) is 8.36. The Morgan fingerprint density at radius 2 is 1.92 bits per heavy atom. The van der Waals surface area contributed by atoms with Crippen molar-refractivity contribution in [1.82, 2.24) is 14.8 Å². The van der Waals surface area contributed by atoms with Crippen LogP contribution in [0.2, 0.25) is 0 Å². The van der Waals surface area contributed by atoms with Crippen LogP contribution in [0.15, 0.2) is 54.7 Å². The minimum atomic E-state index is -0.272. The highest BCUT2D eigenvalue weighted by Gasteiger charge is 2.50. The first kappa shape index (κ1) is 15.1. The van der Waals surface area contributed by atoms with Crippen LogP contribution in [0.5, 0.6) is 0 Å². The van der Waals surface area contributed by atoms with E-state index in [1.165, 1.54) is 5.56 Å². The van der Waals surface area contributed by atoms with Crippen LogP contribution in [-0.4, -0.2) is 52.7 Å². The van der Waals surface area contributed by atoms with Crippen molar-refractivity contribution in [1.29, 1.82) is 0 Å². The van der Waals surface area contributed by atoms with Gasteiger partial charge in [0.25, 0.3) is 0 Å². The third-order valence-electron chi connectivity index (χ3n) is 4.90. The Hall–Kier alpha value is -2.40. The molecule has 5 heteroatoms. The van der Waals surface area contributed by atoms with E-state index in [0.717, 1.165) is 31.7 Å². The highest BCUT2D eigenvalue weighted by atomic mass is 16.6. The summed E-state index contributed by atoms with van der Waals surface area (Å²) in [7, 11) is 0. The molecule has 2 saturated heterocycles. The quantitative estimate of drug-likeness (QED) is 0.866. The molecule has 1 atom stereocenters. The summed E-state index contributed by atoms with van der Waals surface area (Å²) in [6.07, 6.45) is 2.47. The molecule has 3 heterocycles. The predicted octanol–water partition coefficient (Wildman–Crippen LogP) is 2.33. The lowest BCUT2D eigenvalue weighted by atomic mass is 9.88. The first-order chi connectivity index (χ1) is 11.8. The number of pyridine rings is 1. The number of nitrogens with zero attached hydrogens (tertiary/aromatic N) is 3. The Morgan fingerprint density at radius 1 is 1.08 bits per heavy atom. The van der Waals surface area contributed by atoms with E-state index in [4.69, 9.17) is 4.74 Å². The molecule has 4 rings (SSSR count). The molecule has 0 saturated carbocycles. The molecule has 5 nitrogen and oxygen atoms in total. The Labute approximate surface area is 141 Å². The van der Waals surface area contributed by atoms with Crippen LogP contribution in [-0.2, 0) is 17.7 Å². The molecule has 1 amide bonds. The molecule has 0 bridgehead atoms. The number of ether oxygens (including phenoxy) is 1. The largest absolute Gasteiger partial charge is 0.447 e. The Morgan fingerprint density at radius 3 is 2.71 bits per heavy atom. The number of aromatic nitrogens is 1. The molecule has 0 spiro atoms. The number of benzene rings is 1. The first-order valence-corrected chi connectivity index (χ1v) is 8.36. The minimum Gasteiger partial charge on any atom is -0.447 e. The van der Waals surface area contributed by atoms with E-state index in [9.17, 15) is 4.79 Å². The zero-order valence-corrected chi connectivity index (χ0v) is 13.6. The summed E-state index contributed by atoms with van der Waals surface area (Å²) in [5.41, 5.74) is 2.03. The van der Waals surface area contributed by atoms with Crippen LogP contribution in [0.3, 0.4) is 0 Å². The van der Waals surface area contributed by atoms with Gasteiger partial charge in [-0.2, -0.15) is 0 Å². The smallest absolute Gasteiger partial charge is 0.410 e. The Kier molecular flexibility index (Phi) is 3.94. The van der Waals surface area contributed by atoms with Crippen molar-refractivity contribution in [3.8, 4) is 0 Å². The molecule has 124 valence electrons. The zero-order valence-electron chi connectivity index (χ0n) is 13.6. The maximum Gasteiger partial charge on any atom is 0.410 e. The molecule has 0 N–H and O–H groups in total. The van der Waals surface area contributed by atoms with Gasteiger partial charge in [0.2, 0.25) is 0 Å². The van der Waals surface area contributed by atoms with E-state index in [2.05, 4.69) is 22.0 Å². The van der Waals surface area contributed by atoms with Crippen LogP contribution in [0, 0.1) is 0 Å². The van der Waals surface area contributed by atoms with Gasteiger partial charge in [-0.3, -0.25) is 14.8 Å². The second kappa shape index (κ2) is 6.24. The van der Waals surface area contributed by atoms with Gasteiger partial charge in [-0.15, -0.1) is 0 Å². The summed E-state index contributed by atoms with van der Waals surface area (Å²) < 4.78 is 5.42. The van der Waals surface area contributed by atoms with Crippen molar-refractivity contribution < 1.29 is 9.53 Å². The molecule has 24 heavy (non-hydrogen) atoms. The number of fused-ring (bicyclic) bond motifs is 1. The number of carbonyl (C=O) groups is 1. The second-order valence-corrected chi connectivity index (χ2v) is 6.62. The van der Waals surface area contributed by atoms with Gasteiger partial charge < -0.3 is 4.74 Å². The van der Waals surface area contributed by atoms with Gasteiger partial charge >= 0.3 is 6.09 Å². The third-order valence-corrected chi connectivity index (χ3v) is 4.90. The van der Waals surface area contributed by atoms with E-state index in [0.29, 0.717) is 13.2 Å². The van der Waals surface area contributed by atoms with E-state index < -0.39 is 0 Å². The SMILES string of the molecule is O=C1OCC2(Cc3ccccc3)CN(Cc3ccccn3)CCN12. The summed E-state index contributed by atoms with van der Waals surface area (Å²) in [5, 5.41) is 0. The molecule has 2 aromatic rings. The average Bonchev–Trinajstić information content (AvgIpc) is 2.93. The van der Waals surface area contributed by atoms with Crippen molar-refractivity contribution in [3.63, 3.8) is 0 Å². The maximum absolute atomic E-state index is 12.1. The van der Waals surface area contributed by atoms with Crippen LogP contribution in [0.1, 0.15) is 11.3 Å². The molecule has 1 aromatic carbocycles. The third kappa shape index (κ3) is 2.87. The second-order valence-electron chi connectivity index (χ2n) is 6.62. The fraction of sp³-hybridized carbons (Fsp3) is 0.368. The molecule has 2 aliphatic heterocycles. The molecule has 1 aromatic heterocycles. The molecule has 0 aliphatic carbocycles. The normalized spacial score (nSPS) is 23.8. The number of hydrogen-bond acceptors (Lipinski definition) is 4. The van der Waals surface area contributed by atoms with E-state index in [1.807, 2.05) is 47.5 Å². The van der Waals surface area contributed by atoms with Crippen molar-refractivity contribution in [2.45, 2.75) is 18.5 Å². The van der Waals surface area contributed by atoms with Gasteiger partial charge in [0.05, 0.1) is 11.2 Å². The molecule has 0 radical (unpaired) electrons. The molecule has 1 unspecified atom stereocenters. The lowest BCUT2D eigenvalue weighted by Gasteiger charge is -2.44. The van der Waals surface area contributed by atoms with Crippen molar-refractivity contribution >= 4 is 6.09 Å². The van der Waals surface area contributed by atoms with Crippen LogP contribution >= 0.6 is 0 Å². The number of hydrogen-bond donors (Lipinski definition) is 0. The lowest BCUT2D eigenvalue weighted by Crippen LogP contribution is -2.62. The summed E-state index contributed by atoms with van der Waals surface area (Å²) >= 11 is 0. The predicted molar refractivity (Wildman–Crippen MR) is 90.4 cm³/mol. The van der Waals surface area contributed by atoms with E-state index in [1.54, 1.807) is 0 Å². The minimum absolute atomic E-state index is 0.177. The summed E-state index contributed by atoms with van der Waals surface area (Å²) in [4.78, 5) is 20.9. The Bertz CT molecular complexity index is 707. The van der Waals surface area contributed by atoms with Crippen LogP contribution in [0.4, 0.5) is 4.79 Å². The molecular formula is C19H21N3O2. The van der Waals surface area contributed by atoms with Crippen LogP contribution < -0.4 is 0 Å². The fourth-order valence-electron chi connectivity index (χ4n) is 3.78. The topological polar surface area (TPSA) is 45.7 Å². The highest BCUT2D eigenvalue weighted by molar-refractivity contribution is 5.71. The lowest BCUT2D eigenvalue weighted by molar-refractivity contribution is 0.0470. The summed E-state index contributed by atoms with van der Waals surface area (Å²) in [6, 6.07) is 16.3.